The molecule has 0 spiro atoms. The zero-order valence-corrected chi connectivity index (χ0v) is 12.9. The van der Waals surface area contributed by atoms with Crippen molar-refractivity contribution in [2.24, 2.45) is 0 Å². The highest BCUT2D eigenvalue weighted by Gasteiger charge is 2.27. The number of benzene rings is 1. The van der Waals surface area contributed by atoms with E-state index < -0.39 is 15.4 Å². The second-order valence-electron chi connectivity index (χ2n) is 5.31. The Morgan fingerprint density at radius 3 is 2.30 bits per heavy atom. The van der Waals surface area contributed by atoms with Crippen molar-refractivity contribution in [3.8, 4) is 0 Å². The van der Waals surface area contributed by atoms with Gasteiger partial charge in [0.25, 0.3) is 0 Å². The van der Waals surface area contributed by atoms with Crippen LogP contribution in [0.3, 0.4) is 0 Å². The minimum Gasteiger partial charge on any atom is -0.394 e. The molecule has 0 saturated carbocycles. The number of nitrogens with zero attached hydrogens (tertiary/aromatic N) is 1. The predicted molar refractivity (Wildman–Crippen MR) is 77.0 cm³/mol. The normalized spacial score (nSPS) is 12.2. The van der Waals surface area contributed by atoms with Gasteiger partial charge >= 0.3 is 0 Å². The van der Waals surface area contributed by atoms with Gasteiger partial charge in [-0.25, -0.2) is 8.42 Å². The van der Waals surface area contributed by atoms with E-state index in [0.29, 0.717) is 0 Å². The van der Waals surface area contributed by atoms with Crippen molar-refractivity contribution in [3.05, 3.63) is 30.3 Å². The molecular weight excluding hydrogens is 278 g/mol. The van der Waals surface area contributed by atoms with Crippen LogP contribution in [-0.2, 0) is 14.6 Å². The van der Waals surface area contributed by atoms with Crippen LogP contribution in [0, 0.1) is 0 Å². The number of amides is 1. The average Bonchev–Trinajstić information content (AvgIpc) is 2.45. The lowest BCUT2D eigenvalue weighted by Gasteiger charge is -2.34. The third kappa shape index (κ3) is 4.05. The van der Waals surface area contributed by atoms with Crippen LogP contribution in [0.4, 0.5) is 0 Å². The fraction of sp³-hybridized carbons (Fsp3) is 0.500. The van der Waals surface area contributed by atoms with E-state index in [1.165, 1.54) is 17.0 Å². The Morgan fingerprint density at radius 2 is 1.80 bits per heavy atom. The molecule has 0 aliphatic rings. The highest BCUT2D eigenvalue weighted by Crippen LogP contribution is 2.15. The predicted octanol–water partition coefficient (Wildman–Crippen LogP) is 1.08. The van der Waals surface area contributed by atoms with Gasteiger partial charge in [-0.05, 0) is 26.0 Å². The Morgan fingerprint density at radius 1 is 1.25 bits per heavy atom. The monoisotopic (exact) mass is 299 g/mol. The van der Waals surface area contributed by atoms with E-state index in [1.807, 2.05) is 0 Å². The molecule has 0 aliphatic carbocycles. The van der Waals surface area contributed by atoms with Crippen molar-refractivity contribution in [1.29, 1.82) is 0 Å². The average molecular weight is 299 g/mol. The van der Waals surface area contributed by atoms with Crippen molar-refractivity contribution >= 4 is 15.7 Å². The number of likely N-dealkylation sites (N-methyl/N-ethyl adjacent to an activating group) is 1. The van der Waals surface area contributed by atoms with Crippen molar-refractivity contribution in [2.45, 2.75) is 30.7 Å². The fourth-order valence-corrected chi connectivity index (χ4v) is 2.83. The molecule has 5 nitrogen and oxygen atoms in total. The first-order valence-corrected chi connectivity index (χ1v) is 8.01. The maximum absolute atomic E-state index is 12.1. The molecule has 0 aromatic heterocycles. The molecule has 20 heavy (non-hydrogen) atoms. The van der Waals surface area contributed by atoms with E-state index >= 15 is 0 Å². The van der Waals surface area contributed by atoms with Gasteiger partial charge in [-0.1, -0.05) is 18.2 Å². The molecule has 0 unspecified atom stereocenters. The number of aliphatic hydroxyl groups is 1. The van der Waals surface area contributed by atoms with Crippen LogP contribution in [0.25, 0.3) is 0 Å². The minimum atomic E-state index is -3.45. The molecule has 0 atom stereocenters. The Labute approximate surface area is 120 Å². The van der Waals surface area contributed by atoms with Gasteiger partial charge in [0.15, 0.2) is 9.84 Å². The molecule has 6 heteroatoms. The molecule has 1 rings (SSSR count). The first-order chi connectivity index (χ1) is 9.20. The van der Waals surface area contributed by atoms with E-state index in [-0.39, 0.29) is 29.6 Å². The second-order valence-corrected chi connectivity index (χ2v) is 7.41. The van der Waals surface area contributed by atoms with Gasteiger partial charge in [-0.2, -0.15) is 0 Å². The van der Waals surface area contributed by atoms with Crippen LogP contribution in [0.1, 0.15) is 20.3 Å². The standard InChI is InChI=1S/C14H21NO4S/c1-14(2,11-16)15(3)13(17)9-10-20(18,19)12-7-5-4-6-8-12/h4-8,16H,9-11H2,1-3H3. The van der Waals surface area contributed by atoms with Crippen LogP contribution >= 0.6 is 0 Å². The summed E-state index contributed by atoms with van der Waals surface area (Å²) >= 11 is 0. The lowest BCUT2D eigenvalue weighted by atomic mass is 10.1. The van der Waals surface area contributed by atoms with Crippen molar-refractivity contribution in [1.82, 2.24) is 4.90 Å². The summed E-state index contributed by atoms with van der Waals surface area (Å²) in [5.41, 5.74) is -0.701. The lowest BCUT2D eigenvalue weighted by Crippen LogP contribution is -2.48. The van der Waals surface area contributed by atoms with Crippen LogP contribution in [0.5, 0.6) is 0 Å². The first-order valence-electron chi connectivity index (χ1n) is 6.36. The van der Waals surface area contributed by atoms with Crippen LogP contribution in [0.15, 0.2) is 35.2 Å². The summed E-state index contributed by atoms with van der Waals surface area (Å²) in [5.74, 6) is -0.537. The summed E-state index contributed by atoms with van der Waals surface area (Å²) in [6.07, 6.45) is -0.100. The van der Waals surface area contributed by atoms with Crippen LogP contribution < -0.4 is 0 Å². The Kier molecular flexibility index (Phi) is 5.30. The fourth-order valence-electron chi connectivity index (χ4n) is 1.58. The molecule has 1 aromatic rings. The number of carbonyl (C=O) groups excluding carboxylic acids is 1. The zero-order chi connectivity index (χ0) is 15.4. The molecular formula is C14H21NO4S. The SMILES string of the molecule is CN(C(=O)CCS(=O)(=O)c1ccccc1)C(C)(C)CO. The van der Waals surface area contributed by atoms with Gasteiger partial charge in [0.05, 0.1) is 22.8 Å². The summed E-state index contributed by atoms with van der Waals surface area (Å²) in [7, 11) is -1.89. The van der Waals surface area contributed by atoms with Gasteiger partial charge in [0.1, 0.15) is 0 Å². The Hall–Kier alpha value is -1.40. The van der Waals surface area contributed by atoms with Crippen LogP contribution in [-0.4, -0.2) is 49.3 Å². The summed E-state index contributed by atoms with van der Waals surface area (Å²) < 4.78 is 24.1. The Balaban J connectivity index is 2.71. The molecule has 1 aromatic carbocycles. The number of aliphatic hydroxyl groups excluding tert-OH is 1. The molecule has 1 amide bonds. The molecule has 0 saturated heterocycles. The van der Waals surface area contributed by atoms with E-state index in [2.05, 4.69) is 0 Å². The smallest absolute Gasteiger partial charge is 0.223 e. The lowest BCUT2D eigenvalue weighted by molar-refractivity contribution is -0.135. The van der Waals surface area contributed by atoms with Crippen LogP contribution in [0.2, 0.25) is 0 Å². The van der Waals surface area contributed by atoms with E-state index in [9.17, 15) is 18.3 Å². The second kappa shape index (κ2) is 6.37. The molecule has 0 bridgehead atoms. The topological polar surface area (TPSA) is 74.7 Å². The molecule has 0 heterocycles. The van der Waals surface area contributed by atoms with E-state index in [1.54, 1.807) is 39.1 Å². The summed E-state index contributed by atoms with van der Waals surface area (Å²) in [5, 5.41) is 9.21. The summed E-state index contributed by atoms with van der Waals surface area (Å²) in [4.78, 5) is 13.6. The maximum Gasteiger partial charge on any atom is 0.223 e. The number of carbonyl (C=O) groups is 1. The van der Waals surface area contributed by atoms with Gasteiger partial charge < -0.3 is 10.0 Å². The van der Waals surface area contributed by atoms with Gasteiger partial charge in [-0.3, -0.25) is 4.79 Å². The summed E-state index contributed by atoms with van der Waals surface area (Å²) in [6.45, 7) is 3.26. The molecule has 0 radical (unpaired) electrons. The molecule has 1 N–H and O–H groups in total. The van der Waals surface area contributed by atoms with Crippen molar-refractivity contribution in [2.75, 3.05) is 19.4 Å². The van der Waals surface area contributed by atoms with E-state index in [4.69, 9.17) is 0 Å². The number of hydrogen-bond acceptors (Lipinski definition) is 4. The number of hydrogen-bond donors (Lipinski definition) is 1. The number of rotatable bonds is 6. The first kappa shape index (κ1) is 16.7. The van der Waals surface area contributed by atoms with Gasteiger partial charge in [0, 0.05) is 13.5 Å². The summed E-state index contributed by atoms with van der Waals surface area (Å²) in [6, 6.07) is 8.06. The molecule has 112 valence electrons. The van der Waals surface area contributed by atoms with Gasteiger partial charge in [0.2, 0.25) is 5.91 Å². The largest absolute Gasteiger partial charge is 0.394 e. The third-order valence-corrected chi connectivity index (χ3v) is 5.09. The highest BCUT2D eigenvalue weighted by atomic mass is 32.2. The van der Waals surface area contributed by atoms with Crippen molar-refractivity contribution in [3.63, 3.8) is 0 Å². The minimum absolute atomic E-state index is 0.100. The number of sulfone groups is 1. The quantitative estimate of drug-likeness (QED) is 0.853. The maximum atomic E-state index is 12.1. The molecule has 0 aliphatic heterocycles. The zero-order valence-electron chi connectivity index (χ0n) is 12.0. The van der Waals surface area contributed by atoms with E-state index in [0.717, 1.165) is 0 Å². The van der Waals surface area contributed by atoms with Gasteiger partial charge in [-0.15, -0.1) is 0 Å². The third-order valence-electron chi connectivity index (χ3n) is 3.36. The molecule has 0 fully saturated rings. The highest BCUT2D eigenvalue weighted by molar-refractivity contribution is 7.91. The Bertz CT molecular complexity index is 552. The van der Waals surface area contributed by atoms with Crippen molar-refractivity contribution < 1.29 is 18.3 Å².